The minimum absolute atomic E-state index is 0.0624. The number of benzene rings is 1. The van der Waals surface area contributed by atoms with Gasteiger partial charge in [-0.05, 0) is 39.8 Å². The fourth-order valence-corrected chi connectivity index (χ4v) is 2.88. The molecule has 2 rings (SSSR count). The molecule has 4 amide bonds. The molecular weight excluding hydrogens is 320 g/mol. The lowest BCUT2D eigenvalue weighted by molar-refractivity contribution is -0.879. The predicted molar refractivity (Wildman–Crippen MR) is 95.3 cm³/mol. The zero-order chi connectivity index (χ0) is 18.7. The van der Waals surface area contributed by atoms with E-state index in [-0.39, 0.29) is 37.1 Å². The molecule has 2 N–H and O–H groups in total. The maximum atomic E-state index is 12.7. The zero-order valence-corrected chi connectivity index (χ0v) is 15.5. The smallest absolute Gasteiger partial charge is 0.336 e. The van der Waals surface area contributed by atoms with Crippen LogP contribution in [0.15, 0.2) is 24.3 Å². The number of carbonyl (C=O) groups is 3. The molecule has 2 atom stereocenters. The van der Waals surface area contributed by atoms with Crippen molar-refractivity contribution in [1.29, 1.82) is 0 Å². The first-order valence-electron chi connectivity index (χ1n) is 8.52. The van der Waals surface area contributed by atoms with Crippen molar-refractivity contribution in [3.63, 3.8) is 0 Å². The molecule has 1 aliphatic rings. The monoisotopic (exact) mass is 347 g/mol. The predicted octanol–water partition coefficient (Wildman–Crippen LogP) is 0.149. The van der Waals surface area contributed by atoms with Crippen molar-refractivity contribution in [1.82, 2.24) is 10.2 Å². The lowest BCUT2D eigenvalue weighted by atomic mass is 10.2. The normalized spacial score (nSPS) is 18.9. The Morgan fingerprint density at radius 1 is 1.24 bits per heavy atom. The number of carbonyl (C=O) groups excluding carboxylic acids is 3. The van der Waals surface area contributed by atoms with Crippen molar-refractivity contribution in [2.45, 2.75) is 39.8 Å². The molecule has 1 heterocycles. The third-order valence-corrected chi connectivity index (χ3v) is 4.10. The van der Waals surface area contributed by atoms with Gasteiger partial charge in [0.05, 0.1) is 7.05 Å². The third kappa shape index (κ3) is 4.36. The van der Waals surface area contributed by atoms with Crippen LogP contribution in [-0.2, 0) is 9.59 Å². The van der Waals surface area contributed by atoms with Crippen LogP contribution in [0.5, 0.6) is 0 Å². The van der Waals surface area contributed by atoms with Gasteiger partial charge in [-0.25, -0.2) is 9.69 Å². The third-order valence-electron chi connectivity index (χ3n) is 4.10. The standard InChI is InChI=1S/C18H26N4O3/c1-12(2)19-16(23)10-20(5)11-21-17(24)14(4)22(18(21)25)15-8-6-13(3)7-9-15/h6-9,12,14H,10-11H2,1-5H3,(H,19,23)/p+1/t14-/m0/s1. The summed E-state index contributed by atoms with van der Waals surface area (Å²) in [6.07, 6.45) is 0. The SMILES string of the molecule is Cc1ccc(N2C(=O)N(C[NH+](C)CC(=O)NC(C)C)C(=O)[C@@H]2C)cc1. The van der Waals surface area contributed by atoms with E-state index in [1.54, 1.807) is 14.0 Å². The number of aryl methyl sites for hydroxylation is 1. The van der Waals surface area contributed by atoms with Gasteiger partial charge in [0.15, 0.2) is 13.2 Å². The van der Waals surface area contributed by atoms with Gasteiger partial charge in [0, 0.05) is 11.7 Å². The van der Waals surface area contributed by atoms with Crippen LogP contribution >= 0.6 is 0 Å². The Balaban J connectivity index is 2.07. The molecule has 7 heteroatoms. The highest BCUT2D eigenvalue weighted by Gasteiger charge is 2.44. The molecule has 1 aliphatic heterocycles. The summed E-state index contributed by atoms with van der Waals surface area (Å²) in [5.74, 6) is -0.343. The number of urea groups is 1. The summed E-state index contributed by atoms with van der Waals surface area (Å²) in [5, 5.41) is 2.81. The number of hydrogen-bond acceptors (Lipinski definition) is 3. The number of imide groups is 1. The van der Waals surface area contributed by atoms with Gasteiger partial charge in [0.2, 0.25) is 0 Å². The molecule has 0 saturated carbocycles. The summed E-state index contributed by atoms with van der Waals surface area (Å²) in [7, 11) is 1.79. The van der Waals surface area contributed by atoms with Crippen LogP contribution in [0, 0.1) is 6.92 Å². The minimum Gasteiger partial charge on any atom is -0.349 e. The molecule has 7 nitrogen and oxygen atoms in total. The van der Waals surface area contributed by atoms with Crippen LogP contribution in [0.25, 0.3) is 0 Å². The van der Waals surface area contributed by atoms with Crippen LogP contribution in [0.3, 0.4) is 0 Å². The molecule has 1 fully saturated rings. The van der Waals surface area contributed by atoms with Gasteiger partial charge >= 0.3 is 6.03 Å². The molecule has 0 bridgehead atoms. The molecule has 136 valence electrons. The lowest BCUT2D eigenvalue weighted by Gasteiger charge is -2.21. The topological polar surface area (TPSA) is 74.2 Å². The molecular formula is C18H27N4O3+. The van der Waals surface area contributed by atoms with Crippen LogP contribution in [0.4, 0.5) is 10.5 Å². The Morgan fingerprint density at radius 2 is 1.84 bits per heavy atom. The molecule has 1 unspecified atom stereocenters. The van der Waals surface area contributed by atoms with E-state index in [4.69, 9.17) is 0 Å². The summed E-state index contributed by atoms with van der Waals surface area (Å²) in [4.78, 5) is 40.6. The number of nitrogens with one attached hydrogen (secondary N) is 2. The second-order valence-corrected chi connectivity index (χ2v) is 6.94. The largest absolute Gasteiger partial charge is 0.349 e. The van der Waals surface area contributed by atoms with Gasteiger partial charge < -0.3 is 10.2 Å². The first kappa shape index (κ1) is 18.9. The molecule has 0 aromatic heterocycles. The first-order chi connectivity index (χ1) is 11.7. The quantitative estimate of drug-likeness (QED) is 0.720. The number of hydrogen-bond donors (Lipinski definition) is 2. The maximum absolute atomic E-state index is 12.7. The lowest BCUT2D eigenvalue weighted by Crippen LogP contribution is -3.12. The number of likely N-dealkylation sites (N-methyl/N-ethyl adjacent to an activating group) is 1. The van der Waals surface area contributed by atoms with E-state index < -0.39 is 6.04 Å². The van der Waals surface area contributed by atoms with E-state index in [0.717, 1.165) is 10.5 Å². The Hall–Kier alpha value is -2.41. The molecule has 1 aromatic rings. The van der Waals surface area contributed by atoms with Crippen LogP contribution in [0.2, 0.25) is 0 Å². The fraction of sp³-hybridized carbons (Fsp3) is 0.500. The van der Waals surface area contributed by atoms with Crippen LogP contribution in [-0.4, -0.2) is 55.1 Å². The Bertz CT molecular complexity index is 657. The second kappa shape index (κ2) is 7.65. The van der Waals surface area contributed by atoms with Crippen molar-refractivity contribution in [3.8, 4) is 0 Å². The van der Waals surface area contributed by atoms with E-state index in [1.165, 1.54) is 9.80 Å². The van der Waals surface area contributed by atoms with Gasteiger partial charge in [-0.1, -0.05) is 17.7 Å². The van der Waals surface area contributed by atoms with Crippen molar-refractivity contribution in [2.75, 3.05) is 25.2 Å². The maximum Gasteiger partial charge on any atom is 0.336 e. The van der Waals surface area contributed by atoms with Crippen LogP contribution in [0.1, 0.15) is 26.3 Å². The Morgan fingerprint density at radius 3 is 2.40 bits per heavy atom. The molecule has 1 aromatic carbocycles. The van der Waals surface area contributed by atoms with E-state index in [9.17, 15) is 14.4 Å². The summed E-state index contributed by atoms with van der Waals surface area (Å²) in [5.41, 5.74) is 1.79. The molecule has 0 radical (unpaired) electrons. The van der Waals surface area contributed by atoms with Gasteiger partial charge in [0.25, 0.3) is 11.8 Å². The minimum atomic E-state index is -0.549. The Kier molecular flexibility index (Phi) is 5.79. The highest BCUT2D eigenvalue weighted by atomic mass is 16.2. The highest BCUT2D eigenvalue weighted by Crippen LogP contribution is 2.25. The average Bonchev–Trinajstić information content (AvgIpc) is 2.71. The summed E-state index contributed by atoms with van der Waals surface area (Å²) < 4.78 is 0. The van der Waals surface area contributed by atoms with E-state index in [1.807, 2.05) is 45.0 Å². The van der Waals surface area contributed by atoms with Crippen molar-refractivity contribution in [3.05, 3.63) is 29.8 Å². The average molecular weight is 347 g/mol. The number of nitrogens with zero attached hydrogens (tertiary/aromatic N) is 2. The van der Waals surface area contributed by atoms with Gasteiger partial charge in [0.1, 0.15) is 6.04 Å². The number of rotatable bonds is 6. The molecule has 25 heavy (non-hydrogen) atoms. The van der Waals surface area contributed by atoms with Crippen molar-refractivity contribution < 1.29 is 19.3 Å². The zero-order valence-electron chi connectivity index (χ0n) is 15.5. The number of anilines is 1. The van der Waals surface area contributed by atoms with Crippen LogP contribution < -0.4 is 15.1 Å². The van der Waals surface area contributed by atoms with Gasteiger partial charge in [-0.15, -0.1) is 0 Å². The van der Waals surface area contributed by atoms with Crippen molar-refractivity contribution >= 4 is 23.5 Å². The van der Waals surface area contributed by atoms with Gasteiger partial charge in [-0.2, -0.15) is 0 Å². The van der Waals surface area contributed by atoms with Gasteiger partial charge in [-0.3, -0.25) is 14.5 Å². The van der Waals surface area contributed by atoms with E-state index >= 15 is 0 Å². The summed E-state index contributed by atoms with van der Waals surface area (Å²) in [6.45, 7) is 7.84. The van der Waals surface area contributed by atoms with Crippen molar-refractivity contribution in [2.24, 2.45) is 0 Å². The molecule has 1 saturated heterocycles. The summed E-state index contributed by atoms with van der Waals surface area (Å²) >= 11 is 0. The fourth-order valence-electron chi connectivity index (χ4n) is 2.88. The number of quaternary nitrogens is 1. The first-order valence-corrected chi connectivity index (χ1v) is 8.52. The van der Waals surface area contributed by atoms with E-state index in [0.29, 0.717) is 5.69 Å². The van der Waals surface area contributed by atoms with E-state index in [2.05, 4.69) is 5.32 Å². The Labute approximate surface area is 148 Å². The highest BCUT2D eigenvalue weighted by molar-refractivity contribution is 6.13. The number of amides is 4. The molecule has 0 spiro atoms. The summed E-state index contributed by atoms with van der Waals surface area (Å²) in [6, 6.07) is 6.68. The second-order valence-electron chi connectivity index (χ2n) is 6.94. The molecule has 0 aliphatic carbocycles.